The molecule has 0 saturated carbocycles. The lowest BCUT2D eigenvalue weighted by atomic mass is 9.97. The fourth-order valence-corrected chi connectivity index (χ4v) is 2.97. The van der Waals surface area contributed by atoms with Crippen LogP contribution < -0.4 is 10.1 Å². The number of hydrogen-bond donors (Lipinski definition) is 2. The van der Waals surface area contributed by atoms with Crippen molar-refractivity contribution in [2.45, 2.75) is 26.3 Å². The number of hydrogen-bond acceptors (Lipinski definition) is 5. The molecule has 0 radical (unpaired) electrons. The number of terminal acetylenes is 1. The molecule has 5 heteroatoms. The van der Waals surface area contributed by atoms with E-state index in [0.29, 0.717) is 35.0 Å². The van der Waals surface area contributed by atoms with E-state index < -0.39 is 0 Å². The van der Waals surface area contributed by atoms with Crippen molar-refractivity contribution in [3.05, 3.63) is 83.0 Å². The number of carbonyl (C=O) groups is 1. The Labute approximate surface area is 176 Å². The molecule has 2 N–H and O–H groups in total. The van der Waals surface area contributed by atoms with Gasteiger partial charge in [-0.2, -0.15) is 0 Å². The number of nitrogens with zero attached hydrogens (tertiary/aromatic N) is 1. The van der Waals surface area contributed by atoms with Gasteiger partial charge in [0.1, 0.15) is 12.4 Å². The van der Waals surface area contributed by atoms with E-state index in [4.69, 9.17) is 11.2 Å². The van der Waals surface area contributed by atoms with Crippen molar-refractivity contribution in [2.75, 3.05) is 11.9 Å². The minimum absolute atomic E-state index is 0.0329. The molecule has 0 aliphatic rings. The molecular weight excluding hydrogens is 376 g/mol. The second-order valence-electron chi connectivity index (χ2n) is 7.18. The average Bonchev–Trinajstić information content (AvgIpc) is 2.77. The van der Waals surface area contributed by atoms with E-state index in [1.807, 2.05) is 24.3 Å². The highest BCUT2D eigenvalue weighted by molar-refractivity contribution is 6.12. The zero-order valence-corrected chi connectivity index (χ0v) is 17.1. The molecular formula is C25H24N2O3. The van der Waals surface area contributed by atoms with Crippen LogP contribution in [0.5, 0.6) is 11.6 Å². The van der Waals surface area contributed by atoms with E-state index in [9.17, 15) is 9.90 Å². The zero-order valence-electron chi connectivity index (χ0n) is 17.1. The highest BCUT2D eigenvalue weighted by Gasteiger charge is 2.16. The molecule has 3 aromatic rings. The Morgan fingerprint density at radius 2 is 1.93 bits per heavy atom. The number of ketones is 1. The molecule has 3 rings (SSSR count). The fourth-order valence-electron chi connectivity index (χ4n) is 2.97. The number of nitrogens with one attached hydrogen (secondary N) is 1. The van der Waals surface area contributed by atoms with Crippen molar-refractivity contribution >= 4 is 11.5 Å². The van der Waals surface area contributed by atoms with Gasteiger partial charge >= 0.3 is 0 Å². The predicted molar refractivity (Wildman–Crippen MR) is 118 cm³/mol. The SMILES string of the molecule is C#CCOc1ccc(NCc2ccc(O)nc2)c(C(=O)c2ccc(C(C)C)cc2)c1. The van der Waals surface area contributed by atoms with Crippen molar-refractivity contribution in [1.82, 2.24) is 4.98 Å². The van der Waals surface area contributed by atoms with Crippen LogP contribution in [-0.2, 0) is 6.54 Å². The van der Waals surface area contributed by atoms with Gasteiger partial charge in [0.25, 0.3) is 0 Å². The summed E-state index contributed by atoms with van der Waals surface area (Å²) in [5.74, 6) is 3.22. The van der Waals surface area contributed by atoms with Gasteiger partial charge in [-0.15, -0.1) is 6.42 Å². The van der Waals surface area contributed by atoms with Crippen LogP contribution >= 0.6 is 0 Å². The van der Waals surface area contributed by atoms with Gasteiger partial charge in [0, 0.05) is 35.6 Å². The first kappa shape index (κ1) is 20.9. The van der Waals surface area contributed by atoms with Crippen LogP contribution in [0.15, 0.2) is 60.8 Å². The van der Waals surface area contributed by atoms with Gasteiger partial charge in [-0.3, -0.25) is 4.79 Å². The average molecular weight is 400 g/mol. The molecule has 152 valence electrons. The van der Waals surface area contributed by atoms with Crippen LogP contribution in [-0.4, -0.2) is 22.5 Å². The first-order chi connectivity index (χ1) is 14.5. The van der Waals surface area contributed by atoms with E-state index in [1.165, 1.54) is 11.6 Å². The molecule has 30 heavy (non-hydrogen) atoms. The number of pyridine rings is 1. The van der Waals surface area contributed by atoms with Crippen LogP contribution in [0.25, 0.3) is 0 Å². The van der Waals surface area contributed by atoms with E-state index in [2.05, 4.69) is 30.1 Å². The Balaban J connectivity index is 1.89. The Kier molecular flexibility index (Phi) is 6.71. The van der Waals surface area contributed by atoms with Crippen LogP contribution in [0.1, 0.15) is 46.8 Å². The summed E-state index contributed by atoms with van der Waals surface area (Å²) in [7, 11) is 0. The maximum atomic E-state index is 13.2. The minimum atomic E-state index is -0.109. The van der Waals surface area contributed by atoms with Crippen molar-refractivity contribution < 1.29 is 14.6 Å². The van der Waals surface area contributed by atoms with Crippen molar-refractivity contribution in [1.29, 1.82) is 0 Å². The smallest absolute Gasteiger partial charge is 0.210 e. The summed E-state index contributed by atoms with van der Waals surface area (Å²) in [6.07, 6.45) is 6.86. The summed E-state index contributed by atoms with van der Waals surface area (Å²) < 4.78 is 5.51. The van der Waals surface area contributed by atoms with Crippen molar-refractivity contribution in [2.24, 2.45) is 0 Å². The lowest BCUT2D eigenvalue weighted by molar-refractivity contribution is 0.103. The van der Waals surface area contributed by atoms with Gasteiger partial charge in [0.2, 0.25) is 5.88 Å². The lowest BCUT2D eigenvalue weighted by Gasteiger charge is -2.14. The third kappa shape index (κ3) is 5.18. The van der Waals surface area contributed by atoms with Crippen LogP contribution in [0.3, 0.4) is 0 Å². The Morgan fingerprint density at radius 3 is 2.57 bits per heavy atom. The minimum Gasteiger partial charge on any atom is -0.493 e. The topological polar surface area (TPSA) is 71.4 Å². The standard InChI is InChI=1S/C25H24N2O3/c1-4-13-30-21-10-11-23(26-15-18-5-12-24(28)27-16-18)22(14-21)25(29)20-8-6-19(7-9-20)17(2)3/h1,5-12,14,16-17,26H,13,15H2,2-3H3,(H,27,28). The molecule has 5 nitrogen and oxygen atoms in total. The normalized spacial score (nSPS) is 10.5. The molecule has 0 unspecified atom stereocenters. The lowest BCUT2D eigenvalue weighted by Crippen LogP contribution is -2.09. The van der Waals surface area contributed by atoms with E-state index in [1.54, 1.807) is 30.5 Å². The maximum absolute atomic E-state index is 13.2. The van der Waals surface area contributed by atoms with Crippen LogP contribution in [0.4, 0.5) is 5.69 Å². The number of ether oxygens (including phenoxy) is 1. The molecule has 2 aromatic carbocycles. The Hall–Kier alpha value is -3.78. The van der Waals surface area contributed by atoms with Gasteiger partial charge in [-0.05, 0) is 35.2 Å². The van der Waals surface area contributed by atoms with E-state index >= 15 is 0 Å². The highest BCUT2D eigenvalue weighted by atomic mass is 16.5. The summed E-state index contributed by atoms with van der Waals surface area (Å²) in [5, 5.41) is 12.6. The molecule has 0 aliphatic heterocycles. The second kappa shape index (κ2) is 9.62. The van der Waals surface area contributed by atoms with Crippen molar-refractivity contribution in [3.8, 4) is 24.0 Å². The number of rotatable bonds is 8. The molecule has 0 atom stereocenters. The highest BCUT2D eigenvalue weighted by Crippen LogP contribution is 2.26. The monoisotopic (exact) mass is 400 g/mol. The molecule has 0 spiro atoms. The third-order valence-corrected chi connectivity index (χ3v) is 4.69. The summed E-state index contributed by atoms with van der Waals surface area (Å²) >= 11 is 0. The molecule has 1 heterocycles. The summed E-state index contributed by atoms with van der Waals surface area (Å²) in [6, 6.07) is 16.2. The summed E-state index contributed by atoms with van der Waals surface area (Å²) in [6.45, 7) is 4.81. The van der Waals surface area contributed by atoms with Gasteiger partial charge in [-0.25, -0.2) is 4.98 Å². The first-order valence-corrected chi connectivity index (χ1v) is 9.70. The van der Waals surface area contributed by atoms with Gasteiger partial charge in [0.05, 0.1) is 0 Å². The zero-order chi connectivity index (χ0) is 21.5. The number of aromatic hydroxyl groups is 1. The van der Waals surface area contributed by atoms with Crippen molar-refractivity contribution in [3.63, 3.8) is 0 Å². The molecule has 0 saturated heterocycles. The van der Waals surface area contributed by atoms with Gasteiger partial charge < -0.3 is 15.2 Å². The maximum Gasteiger partial charge on any atom is 0.210 e. The Bertz CT molecular complexity index is 1050. The van der Waals surface area contributed by atoms with E-state index in [-0.39, 0.29) is 18.3 Å². The molecule has 0 fully saturated rings. The molecule has 0 amide bonds. The quantitative estimate of drug-likeness (QED) is 0.421. The third-order valence-electron chi connectivity index (χ3n) is 4.69. The van der Waals surface area contributed by atoms with Gasteiger partial charge in [0.15, 0.2) is 5.78 Å². The largest absolute Gasteiger partial charge is 0.493 e. The number of benzene rings is 2. The van der Waals surface area contributed by atoms with E-state index in [0.717, 1.165) is 5.56 Å². The predicted octanol–water partition coefficient (Wildman–Crippen LogP) is 4.77. The summed E-state index contributed by atoms with van der Waals surface area (Å²) in [5.41, 5.74) is 3.82. The number of aromatic nitrogens is 1. The van der Waals surface area contributed by atoms with Crippen LogP contribution in [0, 0.1) is 12.3 Å². The number of carbonyl (C=O) groups excluding carboxylic acids is 1. The second-order valence-corrected chi connectivity index (χ2v) is 7.18. The number of anilines is 1. The van der Waals surface area contributed by atoms with Crippen LogP contribution in [0.2, 0.25) is 0 Å². The molecule has 0 aliphatic carbocycles. The van der Waals surface area contributed by atoms with Gasteiger partial charge in [-0.1, -0.05) is 50.1 Å². The molecule has 0 bridgehead atoms. The summed E-state index contributed by atoms with van der Waals surface area (Å²) in [4.78, 5) is 17.1. The Morgan fingerprint density at radius 1 is 1.17 bits per heavy atom. The fraction of sp³-hybridized carbons (Fsp3) is 0.200. The first-order valence-electron chi connectivity index (χ1n) is 9.70. The molecule has 1 aromatic heterocycles.